The lowest BCUT2D eigenvalue weighted by molar-refractivity contribution is -0.144. The average molecular weight is 405 g/mol. The van der Waals surface area contributed by atoms with Crippen LogP contribution in [0.15, 0.2) is 5.16 Å². The number of ether oxygens (including phenoxy) is 1. The summed E-state index contributed by atoms with van der Waals surface area (Å²) in [6.07, 6.45) is 4.57. The number of hydrogen-bond acceptors (Lipinski definition) is 7. The fourth-order valence-electron chi connectivity index (χ4n) is 3.55. The summed E-state index contributed by atoms with van der Waals surface area (Å²) in [5, 5.41) is 10.8. The Kier molecular flexibility index (Phi) is 5.11. The summed E-state index contributed by atoms with van der Waals surface area (Å²) >= 11 is 3.17. The van der Waals surface area contributed by atoms with E-state index in [1.54, 1.807) is 0 Å². The van der Waals surface area contributed by atoms with Gasteiger partial charge in [0.2, 0.25) is 0 Å². The van der Waals surface area contributed by atoms with Gasteiger partial charge in [0.25, 0.3) is 0 Å². The fourth-order valence-corrected chi connectivity index (χ4v) is 5.54. The second-order valence-corrected chi connectivity index (χ2v) is 9.51. The molecule has 0 amide bonds. The molecular formula is C19H24N4O2S2. The van der Waals surface area contributed by atoms with Gasteiger partial charge in [0.05, 0.1) is 17.2 Å². The summed E-state index contributed by atoms with van der Waals surface area (Å²) in [4.78, 5) is 19.5. The predicted octanol–water partition coefficient (Wildman–Crippen LogP) is 4.38. The molecule has 3 aromatic rings. The van der Waals surface area contributed by atoms with E-state index in [4.69, 9.17) is 9.72 Å². The minimum atomic E-state index is -0.236. The number of carbonyl (C=O) groups excluding carboxylic acids is 1. The van der Waals surface area contributed by atoms with Gasteiger partial charge in [-0.15, -0.1) is 21.5 Å². The summed E-state index contributed by atoms with van der Waals surface area (Å²) in [5.74, 6) is 1.16. The molecule has 1 aliphatic carbocycles. The maximum absolute atomic E-state index is 12.0. The predicted molar refractivity (Wildman–Crippen MR) is 109 cm³/mol. The number of esters is 1. The zero-order valence-corrected chi connectivity index (χ0v) is 17.7. The number of thiophene rings is 1. The highest BCUT2D eigenvalue weighted by atomic mass is 32.2. The molecule has 6 nitrogen and oxygen atoms in total. The maximum Gasteiger partial charge on any atom is 0.316 e. The van der Waals surface area contributed by atoms with E-state index < -0.39 is 0 Å². The van der Waals surface area contributed by atoms with Crippen molar-refractivity contribution in [2.24, 2.45) is 0 Å². The van der Waals surface area contributed by atoms with Crippen molar-refractivity contribution in [3.8, 4) is 0 Å². The number of carbonyl (C=O) groups is 1. The molecule has 3 heterocycles. The largest absolute Gasteiger partial charge is 0.462 e. The average Bonchev–Trinajstić information content (AvgIpc) is 3.19. The zero-order valence-electron chi connectivity index (χ0n) is 16.1. The lowest BCUT2D eigenvalue weighted by Crippen LogP contribution is -2.13. The molecule has 0 bridgehead atoms. The number of aromatic nitrogens is 4. The molecule has 0 fully saturated rings. The van der Waals surface area contributed by atoms with Crippen LogP contribution >= 0.6 is 23.1 Å². The number of aryl methyl sites for hydroxylation is 2. The fraction of sp³-hybridized carbons (Fsp3) is 0.579. The summed E-state index contributed by atoms with van der Waals surface area (Å²) in [6.45, 7) is 7.96. The molecule has 0 saturated carbocycles. The van der Waals surface area contributed by atoms with Gasteiger partial charge >= 0.3 is 5.97 Å². The molecule has 8 heteroatoms. The van der Waals surface area contributed by atoms with Crippen LogP contribution in [0, 0.1) is 0 Å². The quantitative estimate of drug-likeness (QED) is 0.464. The van der Waals surface area contributed by atoms with Crippen molar-refractivity contribution in [3.05, 3.63) is 16.3 Å². The van der Waals surface area contributed by atoms with E-state index >= 15 is 0 Å². The van der Waals surface area contributed by atoms with Gasteiger partial charge in [-0.2, -0.15) is 0 Å². The van der Waals surface area contributed by atoms with Crippen LogP contribution in [-0.4, -0.2) is 37.4 Å². The standard InChI is InChI=1S/C19H24N4O2S2/c1-10(2)16-20-18-15(12-7-5-6-8-13(12)27-18)17-21-22-19(23(16)17)26-9-14(24)25-11(3)4/h10-11H,5-9H2,1-4H3. The Bertz CT molecular complexity index is 1010. The van der Waals surface area contributed by atoms with Gasteiger partial charge in [0.15, 0.2) is 10.8 Å². The lowest BCUT2D eigenvalue weighted by Gasteiger charge is -2.12. The minimum absolute atomic E-state index is 0.113. The van der Waals surface area contributed by atoms with Crippen molar-refractivity contribution in [1.29, 1.82) is 0 Å². The van der Waals surface area contributed by atoms with Crippen LogP contribution in [-0.2, 0) is 22.4 Å². The van der Waals surface area contributed by atoms with Crippen LogP contribution in [0.5, 0.6) is 0 Å². The molecule has 0 N–H and O–H groups in total. The second kappa shape index (κ2) is 7.39. The van der Waals surface area contributed by atoms with Gasteiger partial charge in [0.1, 0.15) is 10.7 Å². The number of thioether (sulfide) groups is 1. The van der Waals surface area contributed by atoms with Crippen LogP contribution in [0.1, 0.15) is 62.7 Å². The van der Waals surface area contributed by atoms with Crippen molar-refractivity contribution >= 4 is 44.9 Å². The van der Waals surface area contributed by atoms with E-state index in [-0.39, 0.29) is 23.7 Å². The van der Waals surface area contributed by atoms with E-state index in [2.05, 4.69) is 24.0 Å². The summed E-state index contributed by atoms with van der Waals surface area (Å²) in [5.41, 5.74) is 2.28. The van der Waals surface area contributed by atoms with E-state index in [0.29, 0.717) is 5.16 Å². The monoisotopic (exact) mass is 404 g/mol. The van der Waals surface area contributed by atoms with Crippen LogP contribution < -0.4 is 0 Å². The van der Waals surface area contributed by atoms with Crippen molar-refractivity contribution < 1.29 is 9.53 Å². The summed E-state index contributed by atoms with van der Waals surface area (Å²) in [6, 6.07) is 0. The van der Waals surface area contributed by atoms with Crippen LogP contribution in [0.2, 0.25) is 0 Å². The number of rotatable bonds is 5. The summed E-state index contributed by atoms with van der Waals surface area (Å²) < 4.78 is 7.28. The third-order valence-electron chi connectivity index (χ3n) is 4.66. The molecule has 0 saturated heterocycles. The zero-order chi connectivity index (χ0) is 19.1. The van der Waals surface area contributed by atoms with E-state index in [1.807, 2.05) is 29.6 Å². The second-order valence-electron chi connectivity index (χ2n) is 7.48. The maximum atomic E-state index is 12.0. The first-order valence-corrected chi connectivity index (χ1v) is 11.3. The van der Waals surface area contributed by atoms with Crippen molar-refractivity contribution in [1.82, 2.24) is 19.6 Å². The molecule has 0 spiro atoms. The van der Waals surface area contributed by atoms with Crippen LogP contribution in [0.25, 0.3) is 15.9 Å². The van der Waals surface area contributed by atoms with Crippen molar-refractivity contribution in [2.75, 3.05) is 5.75 Å². The van der Waals surface area contributed by atoms with E-state index in [1.165, 1.54) is 35.0 Å². The van der Waals surface area contributed by atoms with Crippen molar-refractivity contribution in [2.45, 2.75) is 70.6 Å². The lowest BCUT2D eigenvalue weighted by atomic mass is 9.97. The molecule has 0 radical (unpaired) electrons. The molecule has 4 rings (SSSR count). The highest BCUT2D eigenvalue weighted by Crippen LogP contribution is 2.39. The Balaban J connectivity index is 1.81. The topological polar surface area (TPSA) is 69.4 Å². The van der Waals surface area contributed by atoms with Gasteiger partial charge in [-0.25, -0.2) is 4.98 Å². The Morgan fingerprint density at radius 3 is 2.74 bits per heavy atom. The van der Waals surface area contributed by atoms with Gasteiger partial charge in [-0.1, -0.05) is 25.6 Å². The van der Waals surface area contributed by atoms with E-state index in [0.717, 1.165) is 34.5 Å². The number of nitrogens with zero attached hydrogens (tertiary/aromatic N) is 4. The smallest absolute Gasteiger partial charge is 0.316 e. The first-order valence-electron chi connectivity index (χ1n) is 9.47. The van der Waals surface area contributed by atoms with Crippen molar-refractivity contribution in [3.63, 3.8) is 0 Å². The Morgan fingerprint density at radius 1 is 1.22 bits per heavy atom. The highest BCUT2D eigenvalue weighted by molar-refractivity contribution is 7.99. The van der Waals surface area contributed by atoms with Gasteiger partial charge in [-0.05, 0) is 45.1 Å². The first-order chi connectivity index (χ1) is 13.0. The molecule has 1 aliphatic rings. The Morgan fingerprint density at radius 2 is 2.00 bits per heavy atom. The van der Waals surface area contributed by atoms with E-state index in [9.17, 15) is 4.79 Å². The molecular weight excluding hydrogens is 380 g/mol. The third kappa shape index (κ3) is 3.45. The van der Waals surface area contributed by atoms with Gasteiger partial charge in [0, 0.05) is 10.8 Å². The minimum Gasteiger partial charge on any atom is -0.462 e. The number of fused-ring (bicyclic) bond motifs is 5. The summed E-state index contributed by atoms with van der Waals surface area (Å²) in [7, 11) is 0. The molecule has 27 heavy (non-hydrogen) atoms. The Hall–Kier alpha value is -1.67. The Labute approximate surface area is 166 Å². The van der Waals surface area contributed by atoms with Crippen LogP contribution in [0.4, 0.5) is 0 Å². The van der Waals surface area contributed by atoms with Gasteiger partial charge in [-0.3, -0.25) is 9.20 Å². The molecule has 3 aromatic heterocycles. The molecule has 0 unspecified atom stereocenters. The SMILES string of the molecule is CC(C)OC(=O)CSc1nnc2c3c4c(sc3nc(C(C)C)n12)CCCC4. The molecule has 144 valence electrons. The number of hydrogen-bond donors (Lipinski definition) is 0. The molecule has 0 aromatic carbocycles. The molecule has 0 aliphatic heterocycles. The van der Waals surface area contributed by atoms with Gasteiger partial charge < -0.3 is 4.74 Å². The first kappa shape index (κ1) is 18.7. The third-order valence-corrected chi connectivity index (χ3v) is 6.75. The molecule has 0 atom stereocenters. The van der Waals surface area contributed by atoms with Crippen LogP contribution in [0.3, 0.4) is 0 Å². The normalized spacial score (nSPS) is 14.4. The highest BCUT2D eigenvalue weighted by Gasteiger charge is 2.24.